The van der Waals surface area contributed by atoms with Gasteiger partial charge in [0.25, 0.3) is 0 Å². The van der Waals surface area contributed by atoms with Gasteiger partial charge in [0.15, 0.2) is 5.41 Å². The van der Waals surface area contributed by atoms with Gasteiger partial charge in [-0.1, -0.05) is 0 Å². The lowest BCUT2D eigenvalue weighted by molar-refractivity contribution is -0.227. The summed E-state index contributed by atoms with van der Waals surface area (Å²) in [4.78, 5) is 24.8. The van der Waals surface area contributed by atoms with Crippen LogP contribution in [0.4, 0.5) is 18.0 Å². The van der Waals surface area contributed by atoms with Crippen molar-refractivity contribution in [3.05, 3.63) is 0 Å². The van der Waals surface area contributed by atoms with E-state index in [1.807, 2.05) is 0 Å². The number of carboxylic acids is 1. The molecule has 1 saturated heterocycles. The third-order valence-corrected chi connectivity index (χ3v) is 3.29. The number of nitrogens with zero attached hydrogens (tertiary/aromatic N) is 2. The van der Waals surface area contributed by atoms with Crippen LogP contribution < -0.4 is 0 Å². The quantitative estimate of drug-likeness (QED) is 0.823. The van der Waals surface area contributed by atoms with E-state index >= 15 is 0 Å². The molecule has 104 valence electrons. The normalized spacial score (nSPS) is 24.2. The highest BCUT2D eigenvalue weighted by Gasteiger charge is 2.64. The van der Waals surface area contributed by atoms with Crippen LogP contribution >= 0.6 is 0 Å². The fraction of sp³-hybridized carbons (Fsp3) is 0.800. The fourth-order valence-corrected chi connectivity index (χ4v) is 1.88. The topological polar surface area (TPSA) is 60.9 Å². The minimum atomic E-state index is -4.86. The molecule has 0 saturated carbocycles. The molecule has 0 spiro atoms. The van der Waals surface area contributed by atoms with Crippen molar-refractivity contribution in [1.82, 2.24) is 9.80 Å². The Bertz CT molecular complexity index is 359. The van der Waals surface area contributed by atoms with Crippen molar-refractivity contribution >= 4 is 12.0 Å². The summed E-state index contributed by atoms with van der Waals surface area (Å²) < 4.78 is 38.6. The van der Waals surface area contributed by atoms with Crippen molar-refractivity contribution in [3.8, 4) is 0 Å². The predicted octanol–water partition coefficient (Wildman–Crippen LogP) is 1.40. The second-order valence-electron chi connectivity index (χ2n) is 4.35. The van der Waals surface area contributed by atoms with E-state index in [-0.39, 0.29) is 6.54 Å². The SMILES string of the molecule is CCN(C)C(=O)N1CCC(C(=O)O)(C(F)(F)F)C1. The number of hydrogen-bond acceptors (Lipinski definition) is 2. The van der Waals surface area contributed by atoms with Gasteiger partial charge in [0.2, 0.25) is 0 Å². The first kappa shape index (κ1) is 14.6. The number of alkyl halides is 3. The van der Waals surface area contributed by atoms with Crippen molar-refractivity contribution in [2.24, 2.45) is 5.41 Å². The predicted molar refractivity (Wildman–Crippen MR) is 56.0 cm³/mol. The zero-order valence-corrected chi connectivity index (χ0v) is 10.1. The van der Waals surface area contributed by atoms with Crippen molar-refractivity contribution in [3.63, 3.8) is 0 Å². The van der Waals surface area contributed by atoms with Crippen molar-refractivity contribution in [2.75, 3.05) is 26.7 Å². The monoisotopic (exact) mass is 268 g/mol. The molecule has 1 rings (SSSR count). The number of likely N-dealkylation sites (tertiary alicyclic amines) is 1. The average Bonchev–Trinajstić information content (AvgIpc) is 2.72. The minimum Gasteiger partial charge on any atom is -0.481 e. The van der Waals surface area contributed by atoms with E-state index in [2.05, 4.69) is 0 Å². The first-order valence-electron chi connectivity index (χ1n) is 5.46. The summed E-state index contributed by atoms with van der Waals surface area (Å²) in [5, 5.41) is 8.82. The Morgan fingerprint density at radius 1 is 1.44 bits per heavy atom. The van der Waals surface area contributed by atoms with Gasteiger partial charge in [0.05, 0.1) is 0 Å². The molecule has 0 radical (unpaired) electrons. The second-order valence-corrected chi connectivity index (χ2v) is 4.35. The Morgan fingerprint density at radius 3 is 2.33 bits per heavy atom. The molecule has 1 heterocycles. The van der Waals surface area contributed by atoms with Crippen LogP contribution in [-0.4, -0.2) is 59.8 Å². The Labute approximate surface area is 102 Å². The Morgan fingerprint density at radius 2 is 2.00 bits per heavy atom. The van der Waals surface area contributed by atoms with E-state index in [1.54, 1.807) is 6.92 Å². The van der Waals surface area contributed by atoms with E-state index in [1.165, 1.54) is 11.9 Å². The zero-order valence-electron chi connectivity index (χ0n) is 10.1. The molecule has 2 amide bonds. The van der Waals surface area contributed by atoms with E-state index in [4.69, 9.17) is 5.11 Å². The van der Waals surface area contributed by atoms with E-state index in [0.29, 0.717) is 6.54 Å². The van der Waals surface area contributed by atoms with Gasteiger partial charge in [-0.25, -0.2) is 4.79 Å². The average molecular weight is 268 g/mol. The van der Waals surface area contributed by atoms with Gasteiger partial charge in [-0.2, -0.15) is 13.2 Å². The maximum absolute atomic E-state index is 12.9. The summed E-state index contributed by atoms with van der Waals surface area (Å²) >= 11 is 0. The highest BCUT2D eigenvalue weighted by molar-refractivity contribution is 5.80. The standard InChI is InChI=1S/C10H15F3N2O3/c1-3-14(2)8(18)15-5-4-9(6-15,7(16)17)10(11,12)13/h3-6H2,1-2H3,(H,16,17). The molecule has 0 aromatic carbocycles. The third kappa shape index (κ3) is 2.23. The smallest absolute Gasteiger partial charge is 0.406 e. The molecule has 1 aliphatic rings. The number of carbonyl (C=O) groups is 2. The van der Waals surface area contributed by atoms with Gasteiger partial charge in [0.1, 0.15) is 0 Å². The van der Waals surface area contributed by atoms with Gasteiger partial charge in [-0.05, 0) is 13.3 Å². The number of aliphatic carboxylic acids is 1. The maximum Gasteiger partial charge on any atom is 0.406 e. The van der Waals surface area contributed by atoms with Crippen LogP contribution in [0, 0.1) is 5.41 Å². The summed E-state index contributed by atoms with van der Waals surface area (Å²) in [6.45, 7) is 1.01. The summed E-state index contributed by atoms with van der Waals surface area (Å²) in [5.41, 5.74) is -2.84. The first-order chi connectivity index (χ1) is 8.15. The molecule has 1 atom stereocenters. The van der Waals surface area contributed by atoms with Crippen LogP contribution in [0.1, 0.15) is 13.3 Å². The number of hydrogen-bond donors (Lipinski definition) is 1. The molecule has 1 unspecified atom stereocenters. The molecule has 1 N–H and O–H groups in total. The van der Waals surface area contributed by atoms with Crippen LogP contribution in [-0.2, 0) is 4.79 Å². The van der Waals surface area contributed by atoms with Crippen molar-refractivity contribution in [2.45, 2.75) is 19.5 Å². The van der Waals surface area contributed by atoms with Crippen LogP contribution in [0.5, 0.6) is 0 Å². The van der Waals surface area contributed by atoms with Gasteiger partial charge in [-0.3, -0.25) is 4.79 Å². The molecule has 18 heavy (non-hydrogen) atoms. The van der Waals surface area contributed by atoms with E-state index < -0.39 is 36.6 Å². The molecule has 0 aromatic rings. The molecule has 0 bridgehead atoms. The fourth-order valence-electron chi connectivity index (χ4n) is 1.88. The number of carbonyl (C=O) groups excluding carboxylic acids is 1. The zero-order chi connectivity index (χ0) is 14.1. The molecule has 5 nitrogen and oxygen atoms in total. The van der Waals surface area contributed by atoms with Gasteiger partial charge >= 0.3 is 18.2 Å². The lowest BCUT2D eigenvalue weighted by atomic mass is 9.86. The summed E-state index contributed by atoms with van der Waals surface area (Å²) in [7, 11) is 1.46. The highest BCUT2D eigenvalue weighted by atomic mass is 19.4. The lowest BCUT2D eigenvalue weighted by Crippen LogP contribution is -2.49. The first-order valence-corrected chi connectivity index (χ1v) is 5.46. The maximum atomic E-state index is 12.9. The number of rotatable bonds is 2. The molecule has 0 aromatic heterocycles. The molecular formula is C10H15F3N2O3. The second kappa shape index (κ2) is 4.66. The van der Waals surface area contributed by atoms with Crippen molar-refractivity contribution < 1.29 is 27.9 Å². The Balaban J connectivity index is 2.92. The third-order valence-electron chi connectivity index (χ3n) is 3.29. The molecular weight excluding hydrogens is 253 g/mol. The van der Waals surface area contributed by atoms with Crippen LogP contribution in [0.25, 0.3) is 0 Å². The molecule has 0 aliphatic carbocycles. The summed E-state index contributed by atoms with van der Waals surface area (Å²) in [5.74, 6) is -1.93. The lowest BCUT2D eigenvalue weighted by Gasteiger charge is -2.28. The van der Waals surface area contributed by atoms with Gasteiger partial charge < -0.3 is 14.9 Å². The molecule has 1 aliphatic heterocycles. The largest absolute Gasteiger partial charge is 0.481 e. The Hall–Kier alpha value is -1.47. The number of amides is 2. The summed E-state index contributed by atoms with van der Waals surface area (Å²) in [6.07, 6.45) is -5.46. The van der Waals surface area contributed by atoms with Gasteiger partial charge in [-0.15, -0.1) is 0 Å². The van der Waals surface area contributed by atoms with Crippen LogP contribution in [0.15, 0.2) is 0 Å². The number of urea groups is 1. The van der Waals surface area contributed by atoms with E-state index in [9.17, 15) is 22.8 Å². The molecule has 8 heteroatoms. The highest BCUT2D eigenvalue weighted by Crippen LogP contribution is 2.45. The minimum absolute atomic E-state index is 0.199. The number of carboxylic acid groups (broad SMARTS) is 1. The summed E-state index contributed by atoms with van der Waals surface area (Å²) in [6, 6.07) is -0.579. The van der Waals surface area contributed by atoms with Crippen molar-refractivity contribution in [1.29, 1.82) is 0 Å². The molecule has 1 fully saturated rings. The van der Waals surface area contributed by atoms with Gasteiger partial charge in [0, 0.05) is 26.7 Å². The van der Waals surface area contributed by atoms with Crippen LogP contribution in [0.3, 0.4) is 0 Å². The van der Waals surface area contributed by atoms with E-state index in [0.717, 1.165) is 4.90 Å². The van der Waals surface area contributed by atoms with Crippen LogP contribution in [0.2, 0.25) is 0 Å². The Kier molecular flexibility index (Phi) is 3.78. The number of halogens is 3.